The third-order valence-corrected chi connectivity index (χ3v) is 9.21. The average molecular weight is 554 g/mol. The summed E-state index contributed by atoms with van der Waals surface area (Å²) in [7, 11) is 0. The maximum atomic E-state index is 3.71. The van der Waals surface area contributed by atoms with E-state index >= 15 is 0 Å². The van der Waals surface area contributed by atoms with Crippen LogP contribution in [0.4, 0.5) is 11.4 Å². The van der Waals surface area contributed by atoms with E-state index in [1.807, 2.05) is 11.3 Å². The molecule has 0 amide bonds. The molecule has 0 saturated heterocycles. The van der Waals surface area contributed by atoms with E-state index in [1.165, 1.54) is 64.3 Å². The van der Waals surface area contributed by atoms with Crippen LogP contribution in [0.3, 0.4) is 0 Å². The minimum Gasteiger partial charge on any atom is -0.355 e. The molecule has 198 valence electrons. The summed E-state index contributed by atoms with van der Waals surface area (Å²) in [5.74, 6) is 0. The van der Waals surface area contributed by atoms with Crippen molar-refractivity contribution in [1.82, 2.24) is 0 Å². The minimum absolute atomic E-state index is 1.07. The van der Waals surface area contributed by atoms with Crippen LogP contribution >= 0.6 is 11.3 Å². The van der Waals surface area contributed by atoms with Crippen molar-refractivity contribution in [2.45, 2.75) is 0 Å². The van der Waals surface area contributed by atoms with Crippen molar-refractivity contribution < 1.29 is 0 Å². The van der Waals surface area contributed by atoms with E-state index in [0.29, 0.717) is 0 Å². The van der Waals surface area contributed by atoms with Crippen LogP contribution in [0.15, 0.2) is 158 Å². The number of rotatable bonds is 5. The number of nitrogens with one attached hydrogen (secondary N) is 1. The van der Waals surface area contributed by atoms with E-state index in [9.17, 15) is 0 Å². The molecule has 1 heterocycles. The van der Waals surface area contributed by atoms with Gasteiger partial charge in [-0.1, -0.05) is 109 Å². The van der Waals surface area contributed by atoms with Crippen LogP contribution < -0.4 is 5.32 Å². The molecule has 1 aromatic heterocycles. The molecule has 42 heavy (non-hydrogen) atoms. The molecular formula is C40H27NS. The highest BCUT2D eigenvalue weighted by Crippen LogP contribution is 2.39. The van der Waals surface area contributed by atoms with Gasteiger partial charge in [0.05, 0.1) is 0 Å². The Hall–Kier alpha value is -5.18. The third-order valence-electron chi connectivity index (χ3n) is 8.06. The van der Waals surface area contributed by atoms with E-state index in [1.54, 1.807) is 0 Å². The zero-order valence-corrected chi connectivity index (χ0v) is 23.7. The van der Waals surface area contributed by atoms with Crippen LogP contribution in [-0.2, 0) is 0 Å². The molecule has 0 bridgehead atoms. The predicted octanol–water partition coefficient (Wildman–Crippen LogP) is 12.0. The molecule has 8 rings (SSSR count). The number of fused-ring (bicyclic) bond motifs is 4. The molecule has 0 aliphatic rings. The van der Waals surface area contributed by atoms with Crippen LogP contribution in [0, 0.1) is 0 Å². The van der Waals surface area contributed by atoms with Crippen molar-refractivity contribution in [2.24, 2.45) is 0 Å². The first-order chi connectivity index (χ1) is 20.8. The van der Waals surface area contributed by atoms with Gasteiger partial charge in [0, 0.05) is 37.1 Å². The predicted molar refractivity (Wildman–Crippen MR) is 183 cm³/mol. The maximum Gasteiger partial charge on any atom is 0.0464 e. The highest BCUT2D eigenvalue weighted by Gasteiger charge is 2.11. The van der Waals surface area contributed by atoms with Gasteiger partial charge in [-0.25, -0.2) is 0 Å². The molecule has 0 saturated carbocycles. The Bertz CT molecular complexity index is 2210. The highest BCUT2D eigenvalue weighted by molar-refractivity contribution is 7.25. The van der Waals surface area contributed by atoms with Crippen molar-refractivity contribution in [2.75, 3.05) is 5.32 Å². The first-order valence-corrected chi connectivity index (χ1v) is 15.1. The third kappa shape index (κ3) is 4.52. The quantitative estimate of drug-likeness (QED) is 0.223. The summed E-state index contributed by atoms with van der Waals surface area (Å²) in [4.78, 5) is 0. The Labute approximate surface area is 249 Å². The van der Waals surface area contributed by atoms with Gasteiger partial charge in [-0.05, 0) is 87.1 Å². The van der Waals surface area contributed by atoms with Crippen molar-refractivity contribution >= 4 is 53.7 Å². The molecule has 0 radical (unpaired) electrons. The van der Waals surface area contributed by atoms with Gasteiger partial charge in [-0.3, -0.25) is 0 Å². The van der Waals surface area contributed by atoms with E-state index in [0.717, 1.165) is 11.4 Å². The molecule has 7 aromatic carbocycles. The van der Waals surface area contributed by atoms with Crippen LogP contribution in [0.1, 0.15) is 0 Å². The van der Waals surface area contributed by atoms with Gasteiger partial charge in [-0.2, -0.15) is 0 Å². The summed E-state index contributed by atoms with van der Waals surface area (Å²) in [5.41, 5.74) is 9.41. The lowest BCUT2D eigenvalue weighted by atomic mass is 9.96. The maximum absolute atomic E-state index is 3.71. The number of hydrogen-bond donors (Lipinski definition) is 1. The molecule has 2 heteroatoms. The number of thiophene rings is 1. The summed E-state index contributed by atoms with van der Waals surface area (Å²) in [6.07, 6.45) is 0. The molecule has 0 fully saturated rings. The number of hydrogen-bond acceptors (Lipinski definition) is 2. The SMILES string of the molecule is c1ccc(-c2cc(-c3ccc4sc5ccccc5c4c3)ccc2Nc2ccc(-c3ccc4ccccc4c3)cc2)cc1. The van der Waals surface area contributed by atoms with Crippen molar-refractivity contribution in [1.29, 1.82) is 0 Å². The second kappa shape index (κ2) is 10.3. The number of benzene rings is 7. The lowest BCUT2D eigenvalue weighted by molar-refractivity contribution is 1.52. The van der Waals surface area contributed by atoms with Crippen LogP contribution in [0.5, 0.6) is 0 Å². The summed E-state index contributed by atoms with van der Waals surface area (Å²) in [6.45, 7) is 0. The molecule has 0 unspecified atom stereocenters. The van der Waals surface area contributed by atoms with Crippen LogP contribution in [0.2, 0.25) is 0 Å². The van der Waals surface area contributed by atoms with E-state index in [-0.39, 0.29) is 0 Å². The van der Waals surface area contributed by atoms with Gasteiger partial charge in [0.25, 0.3) is 0 Å². The topological polar surface area (TPSA) is 12.0 Å². The second-order valence-corrected chi connectivity index (χ2v) is 11.8. The molecule has 0 aliphatic carbocycles. The zero-order valence-electron chi connectivity index (χ0n) is 22.9. The Morgan fingerprint density at radius 1 is 0.381 bits per heavy atom. The van der Waals surface area contributed by atoms with E-state index in [2.05, 4.69) is 163 Å². The Morgan fingerprint density at radius 3 is 1.90 bits per heavy atom. The molecule has 0 atom stereocenters. The molecule has 1 N–H and O–H groups in total. The fraction of sp³-hybridized carbons (Fsp3) is 0. The van der Waals surface area contributed by atoms with Gasteiger partial charge in [0.1, 0.15) is 0 Å². The fourth-order valence-corrected chi connectivity index (χ4v) is 6.95. The van der Waals surface area contributed by atoms with Crippen molar-refractivity contribution in [3.63, 3.8) is 0 Å². The van der Waals surface area contributed by atoms with Gasteiger partial charge in [0.2, 0.25) is 0 Å². The minimum atomic E-state index is 1.07. The summed E-state index contributed by atoms with van der Waals surface area (Å²) < 4.78 is 2.66. The van der Waals surface area contributed by atoms with Crippen molar-refractivity contribution in [3.05, 3.63) is 158 Å². The van der Waals surface area contributed by atoms with Crippen molar-refractivity contribution in [3.8, 4) is 33.4 Å². The summed E-state index contributed by atoms with van der Waals surface area (Å²) >= 11 is 1.86. The Kier molecular flexibility index (Phi) is 6.05. The van der Waals surface area contributed by atoms with Gasteiger partial charge >= 0.3 is 0 Å². The fourth-order valence-electron chi connectivity index (χ4n) is 5.87. The largest absolute Gasteiger partial charge is 0.355 e. The normalized spacial score (nSPS) is 11.3. The summed E-state index contributed by atoms with van der Waals surface area (Å²) in [5, 5.41) is 8.88. The monoisotopic (exact) mass is 553 g/mol. The lowest BCUT2D eigenvalue weighted by Gasteiger charge is -2.15. The first-order valence-electron chi connectivity index (χ1n) is 14.3. The summed E-state index contributed by atoms with van der Waals surface area (Å²) in [6, 6.07) is 56.9. The smallest absolute Gasteiger partial charge is 0.0464 e. The molecular weight excluding hydrogens is 527 g/mol. The van der Waals surface area contributed by atoms with Gasteiger partial charge < -0.3 is 5.32 Å². The molecule has 8 aromatic rings. The zero-order chi connectivity index (χ0) is 27.9. The van der Waals surface area contributed by atoms with Crippen LogP contribution in [0.25, 0.3) is 64.3 Å². The lowest BCUT2D eigenvalue weighted by Crippen LogP contribution is -1.94. The first kappa shape index (κ1) is 24.6. The number of anilines is 2. The van der Waals surface area contributed by atoms with Gasteiger partial charge in [-0.15, -0.1) is 11.3 Å². The van der Waals surface area contributed by atoms with E-state index in [4.69, 9.17) is 0 Å². The Balaban J connectivity index is 1.15. The molecule has 0 aliphatic heterocycles. The second-order valence-electron chi connectivity index (χ2n) is 10.7. The molecule has 1 nitrogen and oxygen atoms in total. The van der Waals surface area contributed by atoms with Gasteiger partial charge in [0.15, 0.2) is 0 Å². The highest BCUT2D eigenvalue weighted by atomic mass is 32.1. The van der Waals surface area contributed by atoms with E-state index < -0.39 is 0 Å². The Morgan fingerprint density at radius 2 is 1.02 bits per heavy atom. The standard InChI is InChI=1S/C40H27NS/c1-2-9-29(10-3-1)36-25-32(33-19-23-40-37(26-33)35-12-6-7-13-39(35)42-40)18-22-38(36)41-34-20-16-28(17-21-34)31-15-14-27-8-4-5-11-30(27)24-31/h1-26,41H. The average Bonchev–Trinajstić information content (AvgIpc) is 3.43. The molecule has 0 spiro atoms. The van der Waals surface area contributed by atoms with Crippen LogP contribution in [-0.4, -0.2) is 0 Å².